The molecule has 2 heterocycles. The summed E-state index contributed by atoms with van der Waals surface area (Å²) in [5, 5.41) is 19.8. The maximum atomic E-state index is 12.1. The van der Waals surface area contributed by atoms with Gasteiger partial charge in [0.05, 0.1) is 11.4 Å². The van der Waals surface area contributed by atoms with Crippen molar-refractivity contribution in [3.8, 4) is 11.3 Å². The van der Waals surface area contributed by atoms with Crippen molar-refractivity contribution in [2.75, 3.05) is 13.6 Å². The van der Waals surface area contributed by atoms with Crippen LogP contribution in [0.2, 0.25) is 0 Å². The Morgan fingerprint density at radius 1 is 1.43 bits per heavy atom. The number of amides is 1. The number of nitrogens with one attached hydrogen (secondary N) is 1. The Labute approximate surface area is 121 Å². The third-order valence-corrected chi connectivity index (χ3v) is 3.29. The smallest absolute Gasteiger partial charge is 0.323 e. The van der Waals surface area contributed by atoms with Gasteiger partial charge in [-0.1, -0.05) is 0 Å². The van der Waals surface area contributed by atoms with Crippen molar-refractivity contribution in [3.05, 3.63) is 23.1 Å². The van der Waals surface area contributed by atoms with E-state index in [9.17, 15) is 9.59 Å². The molecule has 2 N–H and O–H groups in total. The van der Waals surface area contributed by atoms with Crippen LogP contribution in [0, 0.1) is 13.8 Å². The van der Waals surface area contributed by atoms with Crippen LogP contribution < -0.4 is 0 Å². The lowest BCUT2D eigenvalue weighted by Crippen LogP contribution is -2.32. The molecule has 1 amide bonds. The van der Waals surface area contributed by atoms with Crippen molar-refractivity contribution < 1.29 is 14.7 Å². The molecule has 8 nitrogen and oxygen atoms in total. The Hall–Kier alpha value is -2.64. The molecule has 8 heteroatoms. The SMILES string of the molecule is Cc1nn(C)c(C)c1-c1cc(C(=O)N(C)CC(=O)O)[nH]n1. The van der Waals surface area contributed by atoms with Gasteiger partial charge in [0, 0.05) is 25.4 Å². The van der Waals surface area contributed by atoms with Crippen molar-refractivity contribution in [1.82, 2.24) is 24.9 Å². The van der Waals surface area contributed by atoms with Gasteiger partial charge in [-0.15, -0.1) is 0 Å². The van der Waals surface area contributed by atoms with Crippen molar-refractivity contribution in [2.45, 2.75) is 13.8 Å². The first-order chi connectivity index (χ1) is 9.81. The molecule has 112 valence electrons. The fraction of sp³-hybridized carbons (Fsp3) is 0.385. The molecule has 0 unspecified atom stereocenters. The van der Waals surface area contributed by atoms with Crippen LogP contribution in [0.4, 0.5) is 0 Å². The van der Waals surface area contributed by atoms with Gasteiger partial charge in [0.25, 0.3) is 5.91 Å². The average Bonchev–Trinajstić information content (AvgIpc) is 2.94. The lowest BCUT2D eigenvalue weighted by Gasteiger charge is -2.12. The van der Waals surface area contributed by atoms with Crippen LogP contribution in [0.1, 0.15) is 21.9 Å². The molecule has 2 aromatic heterocycles. The second-order valence-electron chi connectivity index (χ2n) is 4.89. The number of carbonyl (C=O) groups excluding carboxylic acids is 1. The summed E-state index contributed by atoms with van der Waals surface area (Å²) < 4.78 is 1.75. The summed E-state index contributed by atoms with van der Waals surface area (Å²) in [6, 6.07) is 1.61. The maximum Gasteiger partial charge on any atom is 0.323 e. The van der Waals surface area contributed by atoms with E-state index in [-0.39, 0.29) is 12.2 Å². The summed E-state index contributed by atoms with van der Waals surface area (Å²) in [6.07, 6.45) is 0. The van der Waals surface area contributed by atoms with Gasteiger partial charge in [-0.05, 0) is 19.9 Å². The molecule has 0 atom stereocenters. The summed E-state index contributed by atoms with van der Waals surface area (Å²) in [5.74, 6) is -1.49. The Bertz CT molecular complexity index is 701. The number of aryl methyl sites for hydroxylation is 2. The quantitative estimate of drug-likeness (QED) is 0.857. The molecule has 0 saturated heterocycles. The van der Waals surface area contributed by atoms with E-state index >= 15 is 0 Å². The van der Waals surface area contributed by atoms with Gasteiger partial charge in [0.1, 0.15) is 12.2 Å². The third-order valence-electron chi connectivity index (χ3n) is 3.29. The zero-order chi connectivity index (χ0) is 15.7. The highest BCUT2D eigenvalue weighted by Gasteiger charge is 2.20. The van der Waals surface area contributed by atoms with Crippen molar-refractivity contribution in [2.24, 2.45) is 7.05 Å². The number of hydrogen-bond donors (Lipinski definition) is 2. The highest BCUT2D eigenvalue weighted by molar-refractivity contribution is 5.95. The molecule has 0 aliphatic rings. The van der Waals surface area contributed by atoms with E-state index in [2.05, 4.69) is 15.3 Å². The zero-order valence-electron chi connectivity index (χ0n) is 12.3. The first-order valence-electron chi connectivity index (χ1n) is 6.34. The van der Waals surface area contributed by atoms with Crippen molar-refractivity contribution in [3.63, 3.8) is 0 Å². The lowest BCUT2D eigenvalue weighted by atomic mass is 10.1. The summed E-state index contributed by atoms with van der Waals surface area (Å²) >= 11 is 0. The van der Waals surface area contributed by atoms with Gasteiger partial charge < -0.3 is 10.0 Å². The number of carboxylic acid groups (broad SMARTS) is 1. The highest BCUT2D eigenvalue weighted by Crippen LogP contribution is 2.25. The number of aromatic amines is 1. The number of hydrogen-bond acceptors (Lipinski definition) is 4. The molecule has 0 aliphatic heterocycles. The fourth-order valence-electron chi connectivity index (χ4n) is 2.18. The van der Waals surface area contributed by atoms with E-state index in [1.165, 1.54) is 7.05 Å². The van der Waals surface area contributed by atoms with Crippen LogP contribution in [0.25, 0.3) is 11.3 Å². The Morgan fingerprint density at radius 3 is 2.62 bits per heavy atom. The second-order valence-corrected chi connectivity index (χ2v) is 4.89. The molecule has 0 aromatic carbocycles. The first kappa shape index (κ1) is 14.8. The van der Waals surface area contributed by atoms with Gasteiger partial charge in [-0.3, -0.25) is 19.4 Å². The number of nitrogens with zero attached hydrogens (tertiary/aromatic N) is 4. The highest BCUT2D eigenvalue weighted by atomic mass is 16.4. The first-order valence-corrected chi connectivity index (χ1v) is 6.34. The van der Waals surface area contributed by atoms with E-state index < -0.39 is 11.9 Å². The second kappa shape index (κ2) is 5.39. The third kappa shape index (κ3) is 2.78. The number of H-pyrrole nitrogens is 1. The number of carbonyl (C=O) groups is 2. The number of likely N-dealkylation sites (N-methyl/N-ethyl adjacent to an activating group) is 1. The number of carboxylic acids is 1. The Morgan fingerprint density at radius 2 is 2.10 bits per heavy atom. The molecule has 21 heavy (non-hydrogen) atoms. The zero-order valence-corrected chi connectivity index (χ0v) is 12.3. The van der Waals surface area contributed by atoms with E-state index in [1.807, 2.05) is 20.9 Å². The minimum Gasteiger partial charge on any atom is -0.480 e. The fourth-order valence-corrected chi connectivity index (χ4v) is 2.18. The maximum absolute atomic E-state index is 12.1. The van der Waals surface area contributed by atoms with Crippen LogP contribution >= 0.6 is 0 Å². The topological polar surface area (TPSA) is 104 Å². The van der Waals surface area contributed by atoms with E-state index in [1.54, 1.807) is 10.7 Å². The molecule has 0 saturated carbocycles. The molecule has 0 spiro atoms. The molecule has 0 bridgehead atoms. The molecular weight excluding hydrogens is 274 g/mol. The summed E-state index contributed by atoms with van der Waals surface area (Å²) in [5.41, 5.74) is 3.49. The van der Waals surface area contributed by atoms with Gasteiger partial charge in [-0.2, -0.15) is 10.2 Å². The summed E-state index contributed by atoms with van der Waals surface area (Å²) in [6.45, 7) is 3.43. The van der Waals surface area contributed by atoms with Gasteiger partial charge in [-0.25, -0.2) is 0 Å². The number of rotatable bonds is 4. The van der Waals surface area contributed by atoms with E-state index in [0.717, 1.165) is 21.9 Å². The predicted molar refractivity (Wildman–Crippen MR) is 74.9 cm³/mol. The van der Waals surface area contributed by atoms with Gasteiger partial charge in [0.15, 0.2) is 0 Å². The molecule has 2 rings (SSSR count). The molecule has 0 fully saturated rings. The molecule has 0 aliphatic carbocycles. The molecule has 0 radical (unpaired) electrons. The normalized spacial score (nSPS) is 10.7. The molecular formula is C13H17N5O3. The van der Waals surface area contributed by atoms with E-state index in [0.29, 0.717) is 5.69 Å². The van der Waals surface area contributed by atoms with Crippen LogP contribution in [0.15, 0.2) is 6.07 Å². The summed E-state index contributed by atoms with van der Waals surface area (Å²) in [7, 11) is 3.27. The van der Waals surface area contributed by atoms with Crippen molar-refractivity contribution in [1.29, 1.82) is 0 Å². The Kier molecular flexibility index (Phi) is 3.79. The number of aliphatic carboxylic acids is 1. The monoisotopic (exact) mass is 291 g/mol. The lowest BCUT2D eigenvalue weighted by molar-refractivity contribution is -0.137. The number of aromatic nitrogens is 4. The van der Waals surface area contributed by atoms with E-state index in [4.69, 9.17) is 5.11 Å². The van der Waals surface area contributed by atoms with Gasteiger partial charge in [0.2, 0.25) is 0 Å². The Balaban J connectivity index is 2.30. The minimum absolute atomic E-state index is 0.247. The largest absolute Gasteiger partial charge is 0.480 e. The molecule has 2 aromatic rings. The summed E-state index contributed by atoms with van der Waals surface area (Å²) in [4.78, 5) is 23.8. The van der Waals surface area contributed by atoms with Crippen molar-refractivity contribution >= 4 is 11.9 Å². The van der Waals surface area contributed by atoms with Crippen LogP contribution in [0.5, 0.6) is 0 Å². The van der Waals surface area contributed by atoms with Crippen LogP contribution in [-0.2, 0) is 11.8 Å². The van der Waals surface area contributed by atoms with Gasteiger partial charge >= 0.3 is 5.97 Å². The standard InChI is InChI=1S/C13H17N5O3/c1-7-12(8(2)18(4)16-7)9-5-10(15-14-9)13(21)17(3)6-11(19)20/h5H,6H2,1-4H3,(H,14,15)(H,19,20). The minimum atomic E-state index is -1.07. The predicted octanol–water partition coefficient (Wildman–Crippen LogP) is 0.584. The van der Waals surface area contributed by atoms with Crippen LogP contribution in [-0.4, -0.2) is 55.5 Å². The van der Waals surface area contributed by atoms with Crippen LogP contribution in [0.3, 0.4) is 0 Å². The average molecular weight is 291 g/mol.